The number of carbonyl (C=O) groups excluding carboxylic acids is 2. The molecule has 0 saturated heterocycles. The Kier molecular flexibility index (Phi) is 7.87. The van der Waals surface area contributed by atoms with E-state index in [9.17, 15) is 9.59 Å². The van der Waals surface area contributed by atoms with Crippen LogP contribution in [0, 0.1) is 3.57 Å². The molecule has 3 aromatic rings. The number of nitrogens with zero attached hydrogens (tertiary/aromatic N) is 2. The fourth-order valence-corrected chi connectivity index (χ4v) is 4.54. The summed E-state index contributed by atoms with van der Waals surface area (Å²) in [6.07, 6.45) is 1.71. The standard InChI is InChI=1S/C27H22ClIN2O4/c1-3-34-24-15-19(14-23(29)25(24)35-16-18-8-7-11-21(28)12-18)13-22-17(2)30-31(27(22)33)26(32)20-9-5-4-6-10-20/h4-15H,3,16H2,1-2H3/b22-13+. The number of ether oxygens (including phenoxy) is 2. The molecular weight excluding hydrogens is 579 g/mol. The Hall–Kier alpha value is -3.17. The van der Waals surface area contributed by atoms with E-state index >= 15 is 0 Å². The first-order chi connectivity index (χ1) is 16.9. The first-order valence-corrected chi connectivity index (χ1v) is 12.4. The Labute approximate surface area is 222 Å². The molecule has 0 radical (unpaired) electrons. The quantitative estimate of drug-likeness (QED) is 0.180. The predicted octanol–water partition coefficient (Wildman–Crippen LogP) is 6.36. The van der Waals surface area contributed by atoms with Crippen LogP contribution in [-0.4, -0.2) is 29.1 Å². The lowest BCUT2D eigenvalue weighted by atomic mass is 10.1. The van der Waals surface area contributed by atoms with E-state index in [4.69, 9.17) is 21.1 Å². The molecule has 1 heterocycles. The lowest BCUT2D eigenvalue weighted by molar-refractivity contribution is -0.123. The van der Waals surface area contributed by atoms with Gasteiger partial charge in [0.15, 0.2) is 11.5 Å². The second kappa shape index (κ2) is 11.0. The third-order valence-corrected chi connectivity index (χ3v) is 6.23. The van der Waals surface area contributed by atoms with E-state index in [2.05, 4.69) is 27.7 Å². The molecule has 0 atom stereocenters. The lowest BCUT2D eigenvalue weighted by Gasteiger charge is -2.15. The Morgan fingerprint density at radius 3 is 2.57 bits per heavy atom. The van der Waals surface area contributed by atoms with Crippen molar-refractivity contribution in [1.82, 2.24) is 5.01 Å². The number of hydrazone groups is 1. The summed E-state index contributed by atoms with van der Waals surface area (Å²) in [7, 11) is 0. The molecule has 35 heavy (non-hydrogen) atoms. The average molecular weight is 601 g/mol. The maximum Gasteiger partial charge on any atom is 0.283 e. The highest BCUT2D eigenvalue weighted by Crippen LogP contribution is 2.36. The average Bonchev–Trinajstić information content (AvgIpc) is 3.12. The van der Waals surface area contributed by atoms with Gasteiger partial charge < -0.3 is 9.47 Å². The summed E-state index contributed by atoms with van der Waals surface area (Å²) in [5.74, 6) is 0.238. The van der Waals surface area contributed by atoms with Gasteiger partial charge >= 0.3 is 0 Å². The van der Waals surface area contributed by atoms with Crippen LogP contribution in [0.4, 0.5) is 0 Å². The SMILES string of the molecule is CCOc1cc(/C=C2/C(=O)N(C(=O)c3ccccc3)N=C2C)cc(I)c1OCc1cccc(Cl)c1. The topological polar surface area (TPSA) is 68.2 Å². The number of imide groups is 1. The second-order valence-corrected chi connectivity index (χ2v) is 9.31. The summed E-state index contributed by atoms with van der Waals surface area (Å²) in [5.41, 5.74) is 2.88. The summed E-state index contributed by atoms with van der Waals surface area (Å²) < 4.78 is 12.7. The molecule has 2 amide bonds. The Morgan fingerprint density at radius 1 is 1.09 bits per heavy atom. The normalized spacial score (nSPS) is 14.3. The van der Waals surface area contributed by atoms with Gasteiger partial charge in [-0.15, -0.1) is 0 Å². The summed E-state index contributed by atoms with van der Waals surface area (Å²) in [6.45, 7) is 4.38. The lowest BCUT2D eigenvalue weighted by Crippen LogP contribution is -2.29. The fourth-order valence-electron chi connectivity index (χ4n) is 3.55. The van der Waals surface area contributed by atoms with Crippen molar-refractivity contribution in [3.63, 3.8) is 0 Å². The van der Waals surface area contributed by atoms with E-state index in [0.29, 0.717) is 46.6 Å². The Bertz CT molecular complexity index is 1340. The second-order valence-electron chi connectivity index (χ2n) is 7.71. The van der Waals surface area contributed by atoms with Crippen molar-refractivity contribution in [2.24, 2.45) is 5.10 Å². The summed E-state index contributed by atoms with van der Waals surface area (Å²) in [5, 5.41) is 5.76. The maximum absolute atomic E-state index is 13.0. The summed E-state index contributed by atoms with van der Waals surface area (Å²) in [4.78, 5) is 25.8. The first-order valence-electron chi connectivity index (χ1n) is 10.9. The molecule has 0 aromatic heterocycles. The van der Waals surface area contributed by atoms with E-state index in [0.717, 1.165) is 19.7 Å². The van der Waals surface area contributed by atoms with Crippen molar-refractivity contribution < 1.29 is 19.1 Å². The van der Waals surface area contributed by atoms with Crippen molar-refractivity contribution in [2.75, 3.05) is 6.61 Å². The van der Waals surface area contributed by atoms with E-state index in [1.165, 1.54) is 0 Å². The first kappa shape index (κ1) is 24.9. The molecule has 1 aliphatic heterocycles. The number of benzene rings is 3. The molecule has 0 bridgehead atoms. The number of amides is 2. The predicted molar refractivity (Wildman–Crippen MR) is 145 cm³/mol. The number of rotatable bonds is 7. The zero-order valence-electron chi connectivity index (χ0n) is 19.1. The largest absolute Gasteiger partial charge is 0.490 e. The molecule has 0 unspecified atom stereocenters. The third kappa shape index (κ3) is 5.74. The van der Waals surface area contributed by atoms with Crippen molar-refractivity contribution in [2.45, 2.75) is 20.5 Å². The molecule has 0 saturated carbocycles. The monoisotopic (exact) mass is 600 g/mol. The van der Waals surface area contributed by atoms with E-state index in [-0.39, 0.29) is 0 Å². The van der Waals surface area contributed by atoms with Gasteiger partial charge in [0.05, 0.1) is 21.5 Å². The van der Waals surface area contributed by atoms with Crippen molar-refractivity contribution >= 4 is 57.8 Å². The third-order valence-electron chi connectivity index (χ3n) is 5.19. The van der Waals surface area contributed by atoms with Gasteiger partial charge in [0.25, 0.3) is 11.8 Å². The van der Waals surface area contributed by atoms with Crippen LogP contribution >= 0.6 is 34.2 Å². The van der Waals surface area contributed by atoms with Crippen molar-refractivity contribution in [3.8, 4) is 11.5 Å². The van der Waals surface area contributed by atoms with Crippen LogP contribution in [0.5, 0.6) is 11.5 Å². The zero-order valence-corrected chi connectivity index (χ0v) is 22.0. The molecule has 1 aliphatic rings. The van der Waals surface area contributed by atoms with Gasteiger partial charge in [0, 0.05) is 10.6 Å². The minimum atomic E-state index is -0.467. The molecule has 0 spiro atoms. The van der Waals surface area contributed by atoms with Crippen LogP contribution in [0.3, 0.4) is 0 Å². The highest BCUT2D eigenvalue weighted by Gasteiger charge is 2.33. The number of carbonyl (C=O) groups is 2. The Balaban J connectivity index is 1.60. The van der Waals surface area contributed by atoms with Gasteiger partial charge in [-0.1, -0.05) is 41.9 Å². The van der Waals surface area contributed by atoms with Crippen LogP contribution in [0.15, 0.2) is 77.4 Å². The molecule has 0 aliphatic carbocycles. The molecule has 4 rings (SSSR count). The van der Waals surface area contributed by atoms with Gasteiger partial charge in [0.1, 0.15) is 6.61 Å². The minimum absolute atomic E-state index is 0.331. The van der Waals surface area contributed by atoms with Crippen LogP contribution in [0.1, 0.15) is 35.3 Å². The maximum atomic E-state index is 13.0. The molecule has 8 heteroatoms. The fraction of sp³-hybridized carbons (Fsp3) is 0.148. The Morgan fingerprint density at radius 2 is 1.86 bits per heavy atom. The van der Waals surface area contributed by atoms with Gasteiger partial charge in [-0.25, -0.2) is 0 Å². The van der Waals surface area contributed by atoms with Crippen molar-refractivity contribution in [1.29, 1.82) is 0 Å². The van der Waals surface area contributed by atoms with Crippen LogP contribution in [0.25, 0.3) is 6.08 Å². The van der Waals surface area contributed by atoms with Crippen LogP contribution < -0.4 is 9.47 Å². The summed E-state index contributed by atoms with van der Waals surface area (Å²) >= 11 is 8.26. The molecule has 178 valence electrons. The van der Waals surface area contributed by atoms with Gasteiger partial charge in [-0.2, -0.15) is 10.1 Å². The van der Waals surface area contributed by atoms with Crippen LogP contribution in [0.2, 0.25) is 5.02 Å². The van der Waals surface area contributed by atoms with Gasteiger partial charge in [-0.05, 0) is 90.0 Å². The smallest absolute Gasteiger partial charge is 0.283 e. The number of hydrogen-bond donors (Lipinski definition) is 0. The summed E-state index contributed by atoms with van der Waals surface area (Å²) in [6, 6.07) is 19.8. The molecule has 6 nitrogen and oxygen atoms in total. The molecule has 0 N–H and O–H groups in total. The molecular formula is C27H22ClIN2O4. The highest BCUT2D eigenvalue weighted by molar-refractivity contribution is 14.1. The van der Waals surface area contributed by atoms with Crippen LogP contribution in [-0.2, 0) is 11.4 Å². The van der Waals surface area contributed by atoms with E-state index in [1.807, 2.05) is 49.4 Å². The van der Waals surface area contributed by atoms with E-state index in [1.54, 1.807) is 37.3 Å². The van der Waals surface area contributed by atoms with E-state index < -0.39 is 11.8 Å². The van der Waals surface area contributed by atoms with Gasteiger partial charge in [0.2, 0.25) is 0 Å². The number of halogens is 2. The zero-order chi connectivity index (χ0) is 24.9. The minimum Gasteiger partial charge on any atom is -0.490 e. The van der Waals surface area contributed by atoms with Crippen molar-refractivity contribution in [3.05, 3.63) is 97.6 Å². The van der Waals surface area contributed by atoms with Gasteiger partial charge in [-0.3, -0.25) is 9.59 Å². The number of hydrogen-bond acceptors (Lipinski definition) is 5. The molecule has 0 fully saturated rings. The highest BCUT2D eigenvalue weighted by atomic mass is 127. The molecule has 3 aromatic carbocycles.